The molecule has 0 spiro atoms. The van der Waals surface area contributed by atoms with Gasteiger partial charge in [-0.2, -0.15) is 0 Å². The first-order chi connectivity index (χ1) is 15.1. The molecular weight excluding hydrogens is 414 g/mol. The van der Waals surface area contributed by atoms with Gasteiger partial charge in [0.25, 0.3) is 5.91 Å². The number of rotatable bonds is 8. The van der Waals surface area contributed by atoms with Gasteiger partial charge in [-0.05, 0) is 36.6 Å². The molecule has 0 bridgehead atoms. The molecule has 8 nitrogen and oxygen atoms in total. The highest BCUT2D eigenvalue weighted by atomic mass is 32.1. The minimum absolute atomic E-state index is 0.0779. The fourth-order valence-electron chi connectivity index (χ4n) is 3.37. The van der Waals surface area contributed by atoms with Gasteiger partial charge in [0, 0.05) is 19.7 Å². The number of aromatic nitrogens is 3. The predicted octanol–water partition coefficient (Wildman–Crippen LogP) is 3.92. The Labute approximate surface area is 183 Å². The van der Waals surface area contributed by atoms with Gasteiger partial charge in [-0.3, -0.25) is 4.79 Å². The van der Waals surface area contributed by atoms with E-state index in [1.54, 1.807) is 25.1 Å². The summed E-state index contributed by atoms with van der Waals surface area (Å²) in [6.45, 7) is 3.01. The van der Waals surface area contributed by atoms with E-state index in [2.05, 4.69) is 26.5 Å². The summed E-state index contributed by atoms with van der Waals surface area (Å²) < 4.78 is 10.1. The molecule has 31 heavy (non-hydrogen) atoms. The van der Waals surface area contributed by atoms with Gasteiger partial charge in [0.2, 0.25) is 0 Å². The summed E-state index contributed by atoms with van der Waals surface area (Å²) in [4.78, 5) is 24.9. The largest absolute Gasteiger partial charge is 0.497 e. The minimum atomic E-state index is -0.0779. The molecule has 1 amide bonds. The molecule has 160 valence electrons. The van der Waals surface area contributed by atoms with Crippen LogP contribution in [0.4, 0.5) is 5.82 Å². The van der Waals surface area contributed by atoms with Crippen LogP contribution < -0.4 is 10.1 Å². The molecular formula is C22H23N5O3S. The van der Waals surface area contributed by atoms with Gasteiger partial charge in [-0.15, -0.1) is 11.3 Å². The van der Waals surface area contributed by atoms with Crippen LogP contribution in [-0.2, 0) is 13.0 Å². The Balaban J connectivity index is 1.51. The number of thiophene rings is 1. The lowest BCUT2D eigenvalue weighted by Crippen LogP contribution is -2.26. The first kappa shape index (κ1) is 20.8. The molecule has 0 fully saturated rings. The lowest BCUT2D eigenvalue weighted by atomic mass is 10.1. The Hall–Kier alpha value is -3.46. The Kier molecular flexibility index (Phi) is 6.13. The van der Waals surface area contributed by atoms with E-state index in [0.717, 1.165) is 33.8 Å². The molecule has 0 saturated heterocycles. The lowest BCUT2D eigenvalue weighted by Gasteiger charge is -2.15. The molecule has 0 atom stereocenters. The first-order valence-corrected chi connectivity index (χ1v) is 10.6. The second-order valence-electron chi connectivity index (χ2n) is 7.14. The van der Waals surface area contributed by atoms with Crippen molar-refractivity contribution in [1.29, 1.82) is 0 Å². The second kappa shape index (κ2) is 9.13. The number of benzene rings is 1. The van der Waals surface area contributed by atoms with Gasteiger partial charge in [0.15, 0.2) is 0 Å². The van der Waals surface area contributed by atoms with E-state index in [1.165, 1.54) is 29.5 Å². The first-order valence-electron chi connectivity index (χ1n) is 9.82. The second-order valence-corrected chi connectivity index (χ2v) is 8.14. The molecule has 0 aliphatic rings. The highest BCUT2D eigenvalue weighted by Crippen LogP contribution is 2.34. The number of aryl methyl sites for hydroxylation is 1. The van der Waals surface area contributed by atoms with Gasteiger partial charge in [0.1, 0.15) is 34.7 Å². The van der Waals surface area contributed by atoms with E-state index in [1.807, 2.05) is 25.1 Å². The maximum Gasteiger partial charge on any atom is 0.264 e. The third-order valence-corrected chi connectivity index (χ3v) is 6.19. The molecule has 1 N–H and O–H groups in total. The van der Waals surface area contributed by atoms with E-state index in [-0.39, 0.29) is 5.91 Å². The lowest BCUT2D eigenvalue weighted by molar-refractivity contribution is 0.0786. The summed E-state index contributed by atoms with van der Waals surface area (Å²) in [6.07, 6.45) is 3.84. The van der Waals surface area contributed by atoms with Crippen LogP contribution in [0.1, 0.15) is 26.5 Å². The molecule has 1 aromatic carbocycles. The number of carbonyl (C=O) groups is 1. The number of fused-ring (bicyclic) bond motifs is 1. The van der Waals surface area contributed by atoms with Gasteiger partial charge in [-0.25, -0.2) is 9.97 Å². The molecule has 4 aromatic rings. The van der Waals surface area contributed by atoms with Crippen molar-refractivity contribution in [2.24, 2.45) is 0 Å². The topological polar surface area (TPSA) is 93.4 Å². The molecule has 4 rings (SSSR count). The number of hydrogen-bond acceptors (Lipinski definition) is 8. The zero-order chi connectivity index (χ0) is 21.8. The van der Waals surface area contributed by atoms with Crippen LogP contribution in [-0.4, -0.2) is 46.6 Å². The molecule has 0 radical (unpaired) electrons. The van der Waals surface area contributed by atoms with Crippen molar-refractivity contribution in [3.05, 3.63) is 64.6 Å². The Morgan fingerprint density at radius 1 is 1.29 bits per heavy atom. The third kappa shape index (κ3) is 4.51. The SMILES string of the molecule is COc1cccc(CCNc2ncnc3sc(C(=O)N(C)Cc4ccon4)c(C)c23)c1. The summed E-state index contributed by atoms with van der Waals surface area (Å²) in [7, 11) is 3.41. The summed E-state index contributed by atoms with van der Waals surface area (Å²) in [5, 5.41) is 8.16. The summed E-state index contributed by atoms with van der Waals surface area (Å²) in [6, 6.07) is 9.74. The van der Waals surface area contributed by atoms with Crippen LogP contribution in [0.3, 0.4) is 0 Å². The number of nitrogens with one attached hydrogen (secondary N) is 1. The van der Waals surface area contributed by atoms with Crippen LogP contribution in [0.5, 0.6) is 5.75 Å². The van der Waals surface area contributed by atoms with E-state index >= 15 is 0 Å². The van der Waals surface area contributed by atoms with Crippen molar-refractivity contribution < 1.29 is 14.1 Å². The predicted molar refractivity (Wildman–Crippen MR) is 120 cm³/mol. The van der Waals surface area contributed by atoms with Gasteiger partial charge in [-0.1, -0.05) is 17.3 Å². The number of hydrogen-bond donors (Lipinski definition) is 1. The maximum absolute atomic E-state index is 13.0. The number of ether oxygens (including phenoxy) is 1. The molecule has 3 aromatic heterocycles. The van der Waals surface area contributed by atoms with E-state index in [0.29, 0.717) is 23.7 Å². The zero-order valence-electron chi connectivity index (χ0n) is 17.6. The maximum atomic E-state index is 13.0. The Morgan fingerprint density at radius 3 is 2.94 bits per heavy atom. The summed E-state index contributed by atoms with van der Waals surface area (Å²) in [5.74, 6) is 1.50. The van der Waals surface area contributed by atoms with Gasteiger partial charge >= 0.3 is 0 Å². The van der Waals surface area contributed by atoms with Crippen molar-refractivity contribution in [3.8, 4) is 5.75 Å². The quantitative estimate of drug-likeness (QED) is 0.446. The summed E-state index contributed by atoms with van der Waals surface area (Å²) in [5.41, 5.74) is 2.75. The Bertz CT molecular complexity index is 1190. The zero-order valence-corrected chi connectivity index (χ0v) is 18.4. The molecule has 9 heteroatoms. The number of methoxy groups -OCH3 is 1. The molecule has 0 aliphatic carbocycles. The Morgan fingerprint density at radius 2 is 2.16 bits per heavy atom. The average molecular weight is 438 g/mol. The van der Waals surface area contributed by atoms with Crippen LogP contribution in [0, 0.1) is 6.92 Å². The van der Waals surface area contributed by atoms with Crippen molar-refractivity contribution in [2.75, 3.05) is 26.0 Å². The third-order valence-electron chi connectivity index (χ3n) is 5.00. The minimum Gasteiger partial charge on any atom is -0.497 e. The van der Waals surface area contributed by atoms with E-state index in [9.17, 15) is 4.79 Å². The standard InChI is InChI=1S/C22H23N5O3S/c1-14-18-20(23-9-7-15-5-4-6-17(11-15)29-3)24-13-25-21(18)31-19(14)22(28)27(2)12-16-8-10-30-26-16/h4-6,8,10-11,13H,7,9,12H2,1-3H3,(H,23,24,25). The van der Waals surface area contributed by atoms with Crippen LogP contribution in [0.15, 0.2) is 47.4 Å². The van der Waals surface area contributed by atoms with Crippen molar-refractivity contribution >= 4 is 33.3 Å². The van der Waals surface area contributed by atoms with Gasteiger partial charge < -0.3 is 19.5 Å². The van der Waals surface area contributed by atoms with E-state index in [4.69, 9.17) is 9.26 Å². The molecule has 3 heterocycles. The van der Waals surface area contributed by atoms with Crippen molar-refractivity contribution in [3.63, 3.8) is 0 Å². The smallest absolute Gasteiger partial charge is 0.264 e. The normalized spacial score (nSPS) is 10.9. The number of anilines is 1. The monoisotopic (exact) mass is 437 g/mol. The molecule has 0 unspecified atom stereocenters. The van der Waals surface area contributed by atoms with Crippen LogP contribution in [0.2, 0.25) is 0 Å². The molecule has 0 saturated carbocycles. The van der Waals surface area contributed by atoms with Crippen molar-refractivity contribution in [2.45, 2.75) is 19.9 Å². The fourth-order valence-corrected chi connectivity index (χ4v) is 4.51. The van der Waals surface area contributed by atoms with E-state index < -0.39 is 0 Å². The average Bonchev–Trinajstić information content (AvgIpc) is 3.41. The summed E-state index contributed by atoms with van der Waals surface area (Å²) >= 11 is 1.38. The van der Waals surface area contributed by atoms with Crippen LogP contribution in [0.25, 0.3) is 10.2 Å². The van der Waals surface area contributed by atoms with Crippen LogP contribution >= 0.6 is 11.3 Å². The number of nitrogens with zero attached hydrogens (tertiary/aromatic N) is 4. The van der Waals surface area contributed by atoms with Gasteiger partial charge in [0.05, 0.1) is 23.9 Å². The fraction of sp³-hybridized carbons (Fsp3) is 0.273. The van der Waals surface area contributed by atoms with Crippen molar-refractivity contribution in [1.82, 2.24) is 20.0 Å². The highest BCUT2D eigenvalue weighted by molar-refractivity contribution is 7.20. The highest BCUT2D eigenvalue weighted by Gasteiger charge is 2.22. The molecule has 0 aliphatic heterocycles. The number of carbonyl (C=O) groups excluding carboxylic acids is 1. The number of amides is 1.